The first-order chi connectivity index (χ1) is 6.01. The molecule has 1 aliphatic rings. The lowest BCUT2D eigenvalue weighted by Gasteiger charge is -2.34. The number of hydrogen-bond acceptors (Lipinski definition) is 1. The van der Waals surface area contributed by atoms with Crippen molar-refractivity contribution in [2.45, 2.75) is 27.2 Å². The molecule has 0 fully saturated rings. The number of carboxylic acid groups (broad SMARTS) is 1. The Morgan fingerprint density at radius 1 is 1.69 bits per heavy atom. The Morgan fingerprint density at radius 2 is 2.31 bits per heavy atom. The molecule has 0 saturated heterocycles. The summed E-state index contributed by atoms with van der Waals surface area (Å²) >= 11 is 0. The van der Waals surface area contributed by atoms with Gasteiger partial charge in [0, 0.05) is 5.41 Å². The van der Waals surface area contributed by atoms with Crippen LogP contribution in [-0.4, -0.2) is 11.1 Å². The van der Waals surface area contributed by atoms with Crippen LogP contribution in [0.15, 0.2) is 23.8 Å². The highest BCUT2D eigenvalue weighted by Crippen LogP contribution is 2.40. The van der Waals surface area contributed by atoms with Crippen molar-refractivity contribution in [1.29, 1.82) is 0 Å². The van der Waals surface area contributed by atoms with E-state index < -0.39 is 5.97 Å². The average Bonchev–Trinajstić information content (AvgIpc) is 2.03. The molecule has 0 aromatic carbocycles. The average molecular weight is 180 g/mol. The molecule has 0 aliphatic heterocycles. The van der Waals surface area contributed by atoms with Gasteiger partial charge in [-0.05, 0) is 13.3 Å². The largest absolute Gasteiger partial charge is 0.481 e. The molecule has 2 unspecified atom stereocenters. The molecule has 1 aliphatic carbocycles. The summed E-state index contributed by atoms with van der Waals surface area (Å²) in [7, 11) is 0. The Morgan fingerprint density at radius 3 is 2.69 bits per heavy atom. The van der Waals surface area contributed by atoms with E-state index in [9.17, 15) is 4.79 Å². The predicted molar refractivity (Wildman–Crippen MR) is 52.4 cm³/mol. The summed E-state index contributed by atoms with van der Waals surface area (Å²) in [5.41, 5.74) is 0.726. The summed E-state index contributed by atoms with van der Waals surface area (Å²) in [4.78, 5) is 11.1. The minimum absolute atomic E-state index is 0.218. The van der Waals surface area contributed by atoms with Crippen LogP contribution in [-0.2, 0) is 4.79 Å². The summed E-state index contributed by atoms with van der Waals surface area (Å²) in [6, 6.07) is 0. The Kier molecular flexibility index (Phi) is 2.60. The maximum atomic E-state index is 11.1. The molecule has 2 atom stereocenters. The molecule has 0 heterocycles. The molecule has 0 saturated carbocycles. The fraction of sp³-hybridized carbons (Fsp3) is 0.545. The van der Waals surface area contributed by atoms with Crippen molar-refractivity contribution >= 4 is 5.97 Å². The number of carbonyl (C=O) groups is 1. The Hall–Kier alpha value is -1.05. The number of carboxylic acids is 1. The first kappa shape index (κ1) is 10.0. The molecule has 0 spiro atoms. The second-order valence-corrected chi connectivity index (χ2v) is 3.90. The highest BCUT2D eigenvalue weighted by Gasteiger charge is 2.38. The van der Waals surface area contributed by atoms with Crippen LogP contribution in [0.25, 0.3) is 0 Å². The van der Waals surface area contributed by atoms with Crippen LogP contribution in [0.4, 0.5) is 0 Å². The van der Waals surface area contributed by atoms with Crippen molar-refractivity contribution in [2.75, 3.05) is 0 Å². The van der Waals surface area contributed by atoms with Crippen LogP contribution in [0.3, 0.4) is 0 Å². The minimum atomic E-state index is -0.720. The number of rotatable bonds is 2. The van der Waals surface area contributed by atoms with E-state index in [2.05, 4.69) is 0 Å². The summed E-state index contributed by atoms with van der Waals surface area (Å²) in [5, 5.41) is 9.10. The molecular formula is C11H16O2. The van der Waals surface area contributed by atoms with E-state index in [1.807, 2.05) is 39.0 Å². The second kappa shape index (κ2) is 3.36. The van der Waals surface area contributed by atoms with Gasteiger partial charge in [0.2, 0.25) is 0 Å². The molecule has 72 valence electrons. The zero-order chi connectivity index (χ0) is 10.1. The van der Waals surface area contributed by atoms with Crippen molar-refractivity contribution in [1.82, 2.24) is 0 Å². The lowest BCUT2D eigenvalue weighted by atomic mass is 9.69. The Labute approximate surface area is 79.0 Å². The molecule has 2 nitrogen and oxygen atoms in total. The summed E-state index contributed by atoms with van der Waals surface area (Å²) in [6.07, 6.45) is 6.69. The number of allylic oxidation sites excluding steroid dienone is 3. The minimum Gasteiger partial charge on any atom is -0.481 e. The number of aliphatic carboxylic acids is 1. The van der Waals surface area contributed by atoms with Crippen LogP contribution >= 0.6 is 0 Å². The molecule has 0 aromatic heterocycles. The molecule has 0 amide bonds. The van der Waals surface area contributed by atoms with E-state index in [1.54, 1.807) is 0 Å². The molecule has 1 N–H and O–H groups in total. The topological polar surface area (TPSA) is 37.3 Å². The molecule has 13 heavy (non-hydrogen) atoms. The lowest BCUT2D eigenvalue weighted by Crippen LogP contribution is -2.33. The predicted octanol–water partition coefficient (Wildman–Crippen LogP) is 2.62. The van der Waals surface area contributed by atoms with Gasteiger partial charge in [-0.1, -0.05) is 37.6 Å². The van der Waals surface area contributed by atoms with E-state index in [0.717, 1.165) is 12.0 Å². The van der Waals surface area contributed by atoms with Gasteiger partial charge in [-0.3, -0.25) is 4.79 Å². The van der Waals surface area contributed by atoms with E-state index in [-0.39, 0.29) is 11.3 Å². The maximum Gasteiger partial charge on any atom is 0.311 e. The Bertz CT molecular complexity index is 276. The maximum absolute atomic E-state index is 11.1. The van der Waals surface area contributed by atoms with Gasteiger partial charge in [-0.25, -0.2) is 0 Å². The molecule has 0 bridgehead atoms. The standard InChI is InChI=1S/C11H16O2/c1-4-11(3)7-5-6-8(2)9(11)10(12)13/h5-7,9H,4H2,1-3H3,(H,12,13). The monoisotopic (exact) mass is 180 g/mol. The summed E-state index contributed by atoms with van der Waals surface area (Å²) < 4.78 is 0. The van der Waals surface area contributed by atoms with Crippen molar-refractivity contribution in [3.63, 3.8) is 0 Å². The van der Waals surface area contributed by atoms with Crippen LogP contribution in [0.5, 0.6) is 0 Å². The normalized spacial score (nSPS) is 32.8. The van der Waals surface area contributed by atoms with Crippen LogP contribution in [0.1, 0.15) is 27.2 Å². The van der Waals surface area contributed by atoms with Gasteiger partial charge in [0.05, 0.1) is 5.92 Å². The first-order valence-electron chi connectivity index (χ1n) is 4.60. The van der Waals surface area contributed by atoms with Gasteiger partial charge in [-0.2, -0.15) is 0 Å². The van der Waals surface area contributed by atoms with Crippen LogP contribution < -0.4 is 0 Å². The van der Waals surface area contributed by atoms with Crippen LogP contribution in [0.2, 0.25) is 0 Å². The van der Waals surface area contributed by atoms with Crippen molar-refractivity contribution < 1.29 is 9.90 Å². The third-order valence-corrected chi connectivity index (χ3v) is 2.96. The van der Waals surface area contributed by atoms with Crippen molar-refractivity contribution in [3.8, 4) is 0 Å². The molecule has 0 radical (unpaired) electrons. The van der Waals surface area contributed by atoms with Crippen molar-refractivity contribution in [3.05, 3.63) is 23.8 Å². The van der Waals surface area contributed by atoms with E-state index in [4.69, 9.17) is 5.11 Å². The third kappa shape index (κ3) is 1.67. The van der Waals surface area contributed by atoms with Gasteiger partial charge in [-0.15, -0.1) is 0 Å². The van der Waals surface area contributed by atoms with Gasteiger partial charge in [0.25, 0.3) is 0 Å². The van der Waals surface area contributed by atoms with E-state index in [0.29, 0.717) is 0 Å². The zero-order valence-corrected chi connectivity index (χ0v) is 8.37. The van der Waals surface area contributed by atoms with Gasteiger partial charge in [0.1, 0.15) is 0 Å². The fourth-order valence-electron chi connectivity index (χ4n) is 1.93. The zero-order valence-electron chi connectivity index (χ0n) is 8.37. The highest BCUT2D eigenvalue weighted by atomic mass is 16.4. The van der Waals surface area contributed by atoms with E-state index >= 15 is 0 Å². The highest BCUT2D eigenvalue weighted by molar-refractivity contribution is 5.75. The van der Waals surface area contributed by atoms with Crippen molar-refractivity contribution in [2.24, 2.45) is 11.3 Å². The number of hydrogen-bond donors (Lipinski definition) is 1. The molecule has 1 rings (SSSR count). The van der Waals surface area contributed by atoms with Gasteiger partial charge in [0.15, 0.2) is 0 Å². The molecule has 2 heteroatoms. The lowest BCUT2D eigenvalue weighted by molar-refractivity contribution is -0.143. The first-order valence-corrected chi connectivity index (χ1v) is 4.60. The SMILES string of the molecule is CCC1(C)C=CC=C(C)C1C(=O)O. The molecular weight excluding hydrogens is 164 g/mol. The molecule has 0 aromatic rings. The van der Waals surface area contributed by atoms with Crippen LogP contribution in [0, 0.1) is 11.3 Å². The Balaban J connectivity index is 3.06. The summed E-state index contributed by atoms with van der Waals surface area (Å²) in [5.74, 6) is -1.08. The summed E-state index contributed by atoms with van der Waals surface area (Å²) in [6.45, 7) is 5.91. The third-order valence-electron chi connectivity index (χ3n) is 2.96. The second-order valence-electron chi connectivity index (χ2n) is 3.90. The van der Waals surface area contributed by atoms with Gasteiger partial charge >= 0.3 is 5.97 Å². The fourth-order valence-corrected chi connectivity index (χ4v) is 1.93. The quantitative estimate of drug-likeness (QED) is 0.709. The van der Waals surface area contributed by atoms with Gasteiger partial charge < -0.3 is 5.11 Å². The van der Waals surface area contributed by atoms with E-state index in [1.165, 1.54) is 0 Å². The smallest absolute Gasteiger partial charge is 0.311 e.